The Hall–Kier alpha value is -3.62. The summed E-state index contributed by atoms with van der Waals surface area (Å²) >= 11 is 0. The SMILES string of the molecule is CCc1cccc(CNC[C@@H](O)[C@H](Cc2cc(F)cc(F)c2)NC(=O)c2cc(C)cc(C(=O)N[C@H](C)CC)c2)c1. The summed E-state index contributed by atoms with van der Waals surface area (Å²) in [6, 6.07) is 15.2. The summed E-state index contributed by atoms with van der Waals surface area (Å²) in [4.78, 5) is 26.0. The van der Waals surface area contributed by atoms with Gasteiger partial charge in [0.25, 0.3) is 11.8 Å². The van der Waals surface area contributed by atoms with Crippen LogP contribution in [0, 0.1) is 18.6 Å². The van der Waals surface area contributed by atoms with E-state index in [4.69, 9.17) is 0 Å². The molecule has 4 N–H and O–H groups in total. The van der Waals surface area contributed by atoms with Gasteiger partial charge in [0.05, 0.1) is 12.1 Å². The summed E-state index contributed by atoms with van der Waals surface area (Å²) in [5.41, 5.74) is 3.89. The molecule has 40 heavy (non-hydrogen) atoms. The third kappa shape index (κ3) is 9.24. The van der Waals surface area contributed by atoms with Gasteiger partial charge in [0.2, 0.25) is 0 Å². The topological polar surface area (TPSA) is 90.5 Å². The number of halogens is 2. The summed E-state index contributed by atoms with van der Waals surface area (Å²) in [7, 11) is 0. The van der Waals surface area contributed by atoms with E-state index in [0.29, 0.717) is 17.7 Å². The second-order valence-electron chi connectivity index (χ2n) is 10.3. The summed E-state index contributed by atoms with van der Waals surface area (Å²) in [6.07, 6.45) is 0.613. The van der Waals surface area contributed by atoms with Crippen LogP contribution in [0.5, 0.6) is 0 Å². The number of aryl methyl sites for hydroxylation is 2. The molecule has 0 saturated carbocycles. The first-order chi connectivity index (χ1) is 19.1. The molecule has 2 amide bonds. The highest BCUT2D eigenvalue weighted by Crippen LogP contribution is 2.15. The third-order valence-corrected chi connectivity index (χ3v) is 6.83. The first-order valence-corrected chi connectivity index (χ1v) is 13.7. The van der Waals surface area contributed by atoms with Crippen molar-refractivity contribution in [3.63, 3.8) is 0 Å². The highest BCUT2D eigenvalue weighted by atomic mass is 19.1. The highest BCUT2D eigenvalue weighted by Gasteiger charge is 2.24. The maximum atomic E-state index is 13.9. The zero-order valence-corrected chi connectivity index (χ0v) is 23.6. The van der Waals surface area contributed by atoms with Crippen LogP contribution in [-0.4, -0.2) is 41.7 Å². The lowest BCUT2D eigenvalue weighted by molar-refractivity contribution is 0.0829. The van der Waals surface area contributed by atoms with Crippen molar-refractivity contribution in [3.05, 3.63) is 106 Å². The lowest BCUT2D eigenvalue weighted by atomic mass is 9.99. The van der Waals surface area contributed by atoms with Crippen LogP contribution in [0.1, 0.15) is 70.2 Å². The first-order valence-electron chi connectivity index (χ1n) is 13.7. The van der Waals surface area contributed by atoms with E-state index in [9.17, 15) is 23.5 Å². The van der Waals surface area contributed by atoms with E-state index in [1.54, 1.807) is 19.1 Å². The fraction of sp³-hybridized carbons (Fsp3) is 0.375. The van der Waals surface area contributed by atoms with Gasteiger partial charge in [-0.15, -0.1) is 0 Å². The summed E-state index contributed by atoms with van der Waals surface area (Å²) < 4.78 is 27.8. The molecule has 0 unspecified atom stereocenters. The number of nitrogens with one attached hydrogen (secondary N) is 3. The molecular weight excluding hydrogens is 512 g/mol. The Balaban J connectivity index is 1.78. The van der Waals surface area contributed by atoms with Crippen LogP contribution in [0.15, 0.2) is 60.7 Å². The van der Waals surface area contributed by atoms with Crippen LogP contribution in [-0.2, 0) is 19.4 Å². The van der Waals surface area contributed by atoms with Gasteiger partial charge in [-0.2, -0.15) is 0 Å². The van der Waals surface area contributed by atoms with Crippen LogP contribution in [0.25, 0.3) is 0 Å². The zero-order chi connectivity index (χ0) is 29.2. The van der Waals surface area contributed by atoms with E-state index in [-0.39, 0.29) is 30.5 Å². The molecule has 0 aromatic heterocycles. The monoisotopic (exact) mass is 551 g/mol. The normalized spacial score (nSPS) is 13.4. The number of carbonyl (C=O) groups excluding carboxylic acids is 2. The zero-order valence-electron chi connectivity index (χ0n) is 23.6. The minimum Gasteiger partial charge on any atom is -0.390 e. The number of rotatable bonds is 13. The van der Waals surface area contributed by atoms with Gasteiger partial charge in [-0.05, 0) is 85.7 Å². The average molecular weight is 552 g/mol. The maximum absolute atomic E-state index is 13.9. The Bertz CT molecular complexity index is 1290. The van der Waals surface area contributed by atoms with Crippen LogP contribution in [0.2, 0.25) is 0 Å². The second-order valence-corrected chi connectivity index (χ2v) is 10.3. The second kappa shape index (κ2) is 14.7. The van der Waals surface area contributed by atoms with Crippen molar-refractivity contribution in [2.24, 2.45) is 0 Å². The molecule has 214 valence electrons. The predicted octanol–water partition coefficient (Wildman–Crippen LogP) is 4.86. The predicted molar refractivity (Wildman–Crippen MR) is 153 cm³/mol. The van der Waals surface area contributed by atoms with Crippen LogP contribution < -0.4 is 16.0 Å². The molecule has 3 atom stereocenters. The molecule has 0 saturated heterocycles. The molecule has 0 aliphatic carbocycles. The molecule has 0 aliphatic rings. The van der Waals surface area contributed by atoms with Gasteiger partial charge >= 0.3 is 0 Å². The molecule has 0 heterocycles. The number of amides is 2. The van der Waals surface area contributed by atoms with Crippen molar-refractivity contribution in [2.45, 2.75) is 71.7 Å². The number of benzene rings is 3. The van der Waals surface area contributed by atoms with Crippen molar-refractivity contribution in [1.29, 1.82) is 0 Å². The smallest absolute Gasteiger partial charge is 0.251 e. The third-order valence-electron chi connectivity index (χ3n) is 6.83. The number of hydrogen-bond donors (Lipinski definition) is 4. The van der Waals surface area contributed by atoms with E-state index in [2.05, 4.69) is 28.9 Å². The fourth-order valence-electron chi connectivity index (χ4n) is 4.44. The molecule has 8 heteroatoms. The largest absolute Gasteiger partial charge is 0.390 e. The number of hydrogen-bond acceptors (Lipinski definition) is 4. The summed E-state index contributed by atoms with van der Waals surface area (Å²) in [6.45, 7) is 8.37. The Labute approximate surface area is 235 Å². The fourth-order valence-corrected chi connectivity index (χ4v) is 4.44. The van der Waals surface area contributed by atoms with Crippen molar-refractivity contribution in [1.82, 2.24) is 16.0 Å². The molecule has 0 bridgehead atoms. The minimum atomic E-state index is -1.07. The van der Waals surface area contributed by atoms with Crippen molar-refractivity contribution < 1.29 is 23.5 Å². The van der Waals surface area contributed by atoms with Crippen molar-refractivity contribution >= 4 is 11.8 Å². The summed E-state index contributed by atoms with van der Waals surface area (Å²) in [5, 5.41) is 20.0. The average Bonchev–Trinajstić information content (AvgIpc) is 2.91. The van der Waals surface area contributed by atoms with Crippen LogP contribution in [0.3, 0.4) is 0 Å². The Kier molecular flexibility index (Phi) is 11.3. The van der Waals surface area contributed by atoms with Gasteiger partial charge in [0, 0.05) is 36.3 Å². The van der Waals surface area contributed by atoms with Gasteiger partial charge in [-0.1, -0.05) is 38.1 Å². The van der Waals surface area contributed by atoms with Gasteiger partial charge in [-0.3, -0.25) is 9.59 Å². The van der Waals surface area contributed by atoms with Gasteiger partial charge < -0.3 is 21.1 Å². The van der Waals surface area contributed by atoms with Gasteiger partial charge in [0.1, 0.15) is 11.6 Å². The molecular formula is C32H39F2N3O3. The first kappa shape index (κ1) is 30.9. The van der Waals surface area contributed by atoms with E-state index in [0.717, 1.165) is 30.0 Å². The Morgan fingerprint density at radius 3 is 2.10 bits per heavy atom. The number of aliphatic hydroxyl groups is 1. The Morgan fingerprint density at radius 1 is 0.850 bits per heavy atom. The molecule has 0 radical (unpaired) electrons. The molecule has 6 nitrogen and oxygen atoms in total. The molecule has 3 rings (SSSR count). The van der Waals surface area contributed by atoms with Gasteiger partial charge in [0.15, 0.2) is 0 Å². The number of aliphatic hydroxyl groups excluding tert-OH is 1. The van der Waals surface area contributed by atoms with Gasteiger partial charge in [-0.25, -0.2) is 8.78 Å². The molecule has 0 aliphatic heterocycles. The Morgan fingerprint density at radius 2 is 1.48 bits per heavy atom. The maximum Gasteiger partial charge on any atom is 0.251 e. The summed E-state index contributed by atoms with van der Waals surface area (Å²) in [5.74, 6) is -2.26. The van der Waals surface area contributed by atoms with Crippen molar-refractivity contribution in [2.75, 3.05) is 6.54 Å². The van der Waals surface area contributed by atoms with Crippen LogP contribution in [0.4, 0.5) is 8.78 Å². The minimum absolute atomic E-state index is 0.00175. The molecule has 0 spiro atoms. The number of carbonyl (C=O) groups is 2. The van der Waals surface area contributed by atoms with E-state index in [1.165, 1.54) is 23.8 Å². The molecule has 3 aromatic rings. The van der Waals surface area contributed by atoms with E-state index >= 15 is 0 Å². The van der Waals surface area contributed by atoms with Crippen molar-refractivity contribution in [3.8, 4) is 0 Å². The molecule has 3 aromatic carbocycles. The lowest BCUT2D eigenvalue weighted by Crippen LogP contribution is -2.48. The standard InChI is InChI=1S/C32H39F2N3O3/c1-5-21(4)36-31(39)25-10-20(3)11-26(16-25)32(40)37-29(15-24-13-27(33)17-28(34)14-24)30(38)19-35-18-23-9-7-8-22(6-2)12-23/h7-14,16-17,21,29-30,35,38H,5-6,15,18-19H2,1-4H3,(H,36,39)(H,37,40)/t21-,29+,30-/m1/s1. The highest BCUT2D eigenvalue weighted by molar-refractivity contribution is 6.00. The molecule has 0 fully saturated rings. The van der Waals surface area contributed by atoms with E-state index in [1.807, 2.05) is 32.0 Å². The lowest BCUT2D eigenvalue weighted by Gasteiger charge is -2.25. The van der Waals surface area contributed by atoms with Crippen LogP contribution >= 0.6 is 0 Å². The van der Waals surface area contributed by atoms with E-state index < -0.39 is 29.7 Å². The quantitative estimate of drug-likeness (QED) is 0.244.